The number of amides is 1. The Morgan fingerprint density at radius 1 is 1.50 bits per heavy atom. The monoisotopic (exact) mass is 346 g/mol. The number of hydrogen-bond donors (Lipinski definition) is 1. The van der Waals surface area contributed by atoms with Crippen LogP contribution in [0.3, 0.4) is 0 Å². The van der Waals surface area contributed by atoms with Crippen molar-refractivity contribution in [1.82, 2.24) is 5.32 Å². The average molecular weight is 346 g/mol. The fourth-order valence-corrected chi connectivity index (χ4v) is 3.94. The number of pyridine rings is 1. The molecular formula is C18H22N2O3S. The summed E-state index contributed by atoms with van der Waals surface area (Å²) in [6.07, 6.45) is 3.20. The SMILES string of the molecule is Cc1cc2c(o1)CC(C)(C)C[C@@H]2NC(=O)CSc1cccc[n+]1[O-]. The van der Waals surface area contributed by atoms with Crippen LogP contribution >= 0.6 is 11.8 Å². The van der Waals surface area contributed by atoms with Gasteiger partial charge >= 0.3 is 0 Å². The standard InChI is InChI=1S/C18H22N2O3S/c1-12-8-13-14(9-18(2,3)10-15(13)23-12)19-16(21)11-24-17-6-4-5-7-20(17)22/h4-8,14H,9-11H2,1-3H3,(H,19,21)/t14-/m0/s1. The summed E-state index contributed by atoms with van der Waals surface area (Å²) in [6, 6.07) is 7.16. The van der Waals surface area contributed by atoms with Crippen LogP contribution in [0.15, 0.2) is 39.9 Å². The third-order valence-electron chi connectivity index (χ3n) is 4.21. The second kappa shape index (κ2) is 6.51. The van der Waals surface area contributed by atoms with E-state index in [2.05, 4.69) is 19.2 Å². The number of aryl methyl sites for hydroxylation is 1. The molecule has 1 aliphatic carbocycles. The van der Waals surface area contributed by atoms with E-state index in [1.807, 2.05) is 13.0 Å². The molecule has 0 fully saturated rings. The maximum atomic E-state index is 12.3. The zero-order valence-electron chi connectivity index (χ0n) is 14.2. The van der Waals surface area contributed by atoms with Crippen molar-refractivity contribution in [2.75, 3.05) is 5.75 Å². The Bertz CT molecular complexity index is 754. The first-order valence-electron chi connectivity index (χ1n) is 8.04. The predicted octanol–water partition coefficient (Wildman–Crippen LogP) is 3.14. The zero-order valence-corrected chi connectivity index (χ0v) is 15.0. The Kier molecular flexibility index (Phi) is 4.58. The van der Waals surface area contributed by atoms with Crippen LogP contribution in [-0.4, -0.2) is 11.7 Å². The number of carbonyl (C=O) groups is 1. The lowest BCUT2D eigenvalue weighted by Crippen LogP contribution is -2.37. The fourth-order valence-electron chi connectivity index (χ4n) is 3.21. The van der Waals surface area contributed by atoms with Crippen molar-refractivity contribution in [2.45, 2.75) is 44.7 Å². The molecule has 0 radical (unpaired) electrons. The van der Waals surface area contributed by atoms with E-state index in [1.54, 1.807) is 18.2 Å². The number of rotatable bonds is 4. The van der Waals surface area contributed by atoms with E-state index < -0.39 is 0 Å². The van der Waals surface area contributed by atoms with Crippen LogP contribution in [0, 0.1) is 17.5 Å². The van der Waals surface area contributed by atoms with Gasteiger partial charge in [0.15, 0.2) is 6.20 Å². The number of fused-ring (bicyclic) bond motifs is 1. The second-order valence-electron chi connectivity index (χ2n) is 7.05. The lowest BCUT2D eigenvalue weighted by atomic mass is 9.75. The number of furan rings is 1. The number of carbonyl (C=O) groups excluding carboxylic acids is 1. The smallest absolute Gasteiger partial charge is 0.251 e. The first-order chi connectivity index (χ1) is 11.3. The molecule has 1 atom stereocenters. The first-order valence-corrected chi connectivity index (χ1v) is 9.02. The van der Waals surface area contributed by atoms with Crippen LogP contribution < -0.4 is 10.0 Å². The number of hydrogen-bond acceptors (Lipinski definition) is 4. The number of aromatic nitrogens is 1. The van der Waals surface area contributed by atoms with E-state index in [0.29, 0.717) is 5.03 Å². The molecule has 1 N–H and O–H groups in total. The molecule has 3 rings (SSSR count). The third-order valence-corrected chi connectivity index (χ3v) is 5.23. The van der Waals surface area contributed by atoms with Crippen molar-refractivity contribution >= 4 is 17.7 Å². The van der Waals surface area contributed by atoms with Gasteiger partial charge in [-0.25, -0.2) is 0 Å². The molecule has 0 aliphatic heterocycles. The number of thioether (sulfide) groups is 1. The Balaban J connectivity index is 1.67. The maximum absolute atomic E-state index is 12.3. The largest absolute Gasteiger partial charge is 0.618 e. The summed E-state index contributed by atoms with van der Waals surface area (Å²) in [6.45, 7) is 6.31. The highest BCUT2D eigenvalue weighted by molar-refractivity contribution is 7.99. The van der Waals surface area contributed by atoms with E-state index in [1.165, 1.54) is 18.0 Å². The molecule has 0 saturated heterocycles. The summed E-state index contributed by atoms with van der Waals surface area (Å²) in [4.78, 5) is 12.3. The molecule has 0 saturated carbocycles. The number of nitrogens with one attached hydrogen (secondary N) is 1. The Morgan fingerprint density at radius 3 is 3.04 bits per heavy atom. The molecule has 0 spiro atoms. The van der Waals surface area contributed by atoms with Gasteiger partial charge in [-0.1, -0.05) is 13.8 Å². The summed E-state index contributed by atoms with van der Waals surface area (Å²) in [5.74, 6) is 2.00. The third kappa shape index (κ3) is 3.75. The molecule has 0 aromatic carbocycles. The maximum Gasteiger partial charge on any atom is 0.251 e. The van der Waals surface area contributed by atoms with Crippen molar-refractivity contribution < 1.29 is 13.9 Å². The predicted molar refractivity (Wildman–Crippen MR) is 92.6 cm³/mol. The summed E-state index contributed by atoms with van der Waals surface area (Å²) >= 11 is 1.25. The van der Waals surface area contributed by atoms with Gasteiger partial charge in [0, 0.05) is 24.1 Å². The van der Waals surface area contributed by atoms with Crippen LogP contribution in [0.2, 0.25) is 0 Å². The van der Waals surface area contributed by atoms with Gasteiger partial charge < -0.3 is 14.9 Å². The molecular weight excluding hydrogens is 324 g/mol. The highest BCUT2D eigenvalue weighted by Crippen LogP contribution is 2.42. The van der Waals surface area contributed by atoms with Gasteiger partial charge in [0.1, 0.15) is 11.5 Å². The van der Waals surface area contributed by atoms with Crippen molar-refractivity contribution in [3.8, 4) is 0 Å². The zero-order chi connectivity index (χ0) is 17.3. The molecule has 1 amide bonds. The van der Waals surface area contributed by atoms with Crippen molar-refractivity contribution in [3.63, 3.8) is 0 Å². The molecule has 1 aliphatic rings. The topological polar surface area (TPSA) is 69.2 Å². The fraction of sp³-hybridized carbons (Fsp3) is 0.444. The van der Waals surface area contributed by atoms with Crippen LogP contribution in [0.1, 0.15) is 43.4 Å². The highest BCUT2D eigenvalue weighted by atomic mass is 32.2. The van der Waals surface area contributed by atoms with Crippen LogP contribution in [0.25, 0.3) is 0 Å². The average Bonchev–Trinajstić information content (AvgIpc) is 2.85. The molecule has 24 heavy (non-hydrogen) atoms. The minimum Gasteiger partial charge on any atom is -0.618 e. The van der Waals surface area contributed by atoms with Gasteiger partial charge in [-0.2, -0.15) is 4.73 Å². The minimum atomic E-state index is -0.0728. The summed E-state index contributed by atoms with van der Waals surface area (Å²) in [5, 5.41) is 15.3. The number of nitrogens with zero attached hydrogens (tertiary/aromatic N) is 1. The minimum absolute atomic E-state index is 0.0375. The molecule has 6 heteroatoms. The van der Waals surface area contributed by atoms with Gasteiger partial charge in [0.25, 0.3) is 5.03 Å². The van der Waals surface area contributed by atoms with Gasteiger partial charge in [0.2, 0.25) is 5.91 Å². The van der Waals surface area contributed by atoms with Crippen LogP contribution in [-0.2, 0) is 11.2 Å². The highest BCUT2D eigenvalue weighted by Gasteiger charge is 2.35. The lowest BCUT2D eigenvalue weighted by Gasteiger charge is -2.34. The Hall–Kier alpha value is -1.95. The van der Waals surface area contributed by atoms with Gasteiger partial charge in [0.05, 0.1) is 11.8 Å². The molecule has 2 heterocycles. The molecule has 5 nitrogen and oxygen atoms in total. The molecule has 2 aromatic heterocycles. The van der Waals surface area contributed by atoms with Gasteiger partial charge in [-0.3, -0.25) is 4.79 Å². The van der Waals surface area contributed by atoms with Crippen LogP contribution in [0.4, 0.5) is 0 Å². The van der Waals surface area contributed by atoms with E-state index in [0.717, 1.165) is 34.7 Å². The molecule has 0 unspecified atom stereocenters. The van der Waals surface area contributed by atoms with Crippen molar-refractivity contribution in [3.05, 3.63) is 52.8 Å². The Labute approximate surface area is 146 Å². The quantitative estimate of drug-likeness (QED) is 0.524. The Morgan fingerprint density at radius 2 is 2.29 bits per heavy atom. The van der Waals surface area contributed by atoms with Crippen molar-refractivity contribution in [1.29, 1.82) is 0 Å². The van der Waals surface area contributed by atoms with Crippen molar-refractivity contribution in [2.24, 2.45) is 5.41 Å². The first kappa shape index (κ1) is 16.9. The van der Waals surface area contributed by atoms with E-state index >= 15 is 0 Å². The molecule has 0 bridgehead atoms. The summed E-state index contributed by atoms with van der Waals surface area (Å²) in [5.41, 5.74) is 1.17. The second-order valence-corrected chi connectivity index (χ2v) is 8.05. The summed E-state index contributed by atoms with van der Waals surface area (Å²) < 4.78 is 6.57. The molecule has 128 valence electrons. The molecule has 2 aromatic rings. The van der Waals surface area contributed by atoms with E-state index in [-0.39, 0.29) is 23.1 Å². The van der Waals surface area contributed by atoms with Gasteiger partial charge in [-0.15, -0.1) is 0 Å². The van der Waals surface area contributed by atoms with E-state index in [4.69, 9.17) is 4.42 Å². The van der Waals surface area contributed by atoms with E-state index in [9.17, 15) is 10.0 Å². The summed E-state index contributed by atoms with van der Waals surface area (Å²) in [7, 11) is 0. The lowest BCUT2D eigenvalue weighted by molar-refractivity contribution is -0.645. The van der Waals surface area contributed by atoms with Gasteiger partial charge in [-0.05, 0) is 42.7 Å². The van der Waals surface area contributed by atoms with Crippen LogP contribution in [0.5, 0.6) is 0 Å². The normalized spacial score (nSPS) is 18.9.